The third kappa shape index (κ3) is 4.55. The topological polar surface area (TPSA) is 43.8 Å². The Morgan fingerprint density at radius 1 is 1.16 bits per heavy atom. The van der Waals surface area contributed by atoms with Gasteiger partial charge >= 0.3 is 0 Å². The molecule has 0 saturated carbocycles. The van der Waals surface area contributed by atoms with E-state index in [1.807, 2.05) is 0 Å². The molecule has 2 atom stereocenters. The van der Waals surface area contributed by atoms with Crippen molar-refractivity contribution in [3.63, 3.8) is 0 Å². The predicted molar refractivity (Wildman–Crippen MR) is 91.0 cm³/mol. The van der Waals surface area contributed by atoms with E-state index < -0.39 is 11.6 Å². The highest BCUT2D eigenvalue weighted by Crippen LogP contribution is 2.26. The number of aliphatic hydroxyl groups is 1. The van der Waals surface area contributed by atoms with Crippen LogP contribution >= 0.6 is 0 Å². The smallest absolute Gasteiger partial charge is 0.222 e. The standard InChI is InChI=1S/C19H26F2N2O2/c20-17-5-3-14(18(21)9-17)4-6-19(25)23-11-15(16(12-23)13-24)10-22-7-1-2-8-22/h3,5,9,15-16,24H,1-2,4,6-8,10-13H2/t15-,16-/m1/s1. The molecule has 25 heavy (non-hydrogen) atoms. The number of hydrogen-bond acceptors (Lipinski definition) is 3. The first-order chi connectivity index (χ1) is 12.1. The summed E-state index contributed by atoms with van der Waals surface area (Å²) in [4.78, 5) is 16.7. The zero-order chi connectivity index (χ0) is 17.8. The maximum atomic E-state index is 13.7. The number of hydrogen-bond donors (Lipinski definition) is 1. The lowest BCUT2D eigenvalue weighted by Gasteiger charge is -2.22. The van der Waals surface area contributed by atoms with Crippen molar-refractivity contribution in [2.75, 3.05) is 39.3 Å². The van der Waals surface area contributed by atoms with Crippen molar-refractivity contribution in [2.24, 2.45) is 11.8 Å². The Labute approximate surface area is 147 Å². The molecule has 2 aliphatic heterocycles. The molecule has 2 heterocycles. The van der Waals surface area contributed by atoms with Crippen LogP contribution < -0.4 is 0 Å². The monoisotopic (exact) mass is 352 g/mol. The highest BCUT2D eigenvalue weighted by atomic mass is 19.1. The van der Waals surface area contributed by atoms with Crippen LogP contribution in [0.5, 0.6) is 0 Å². The number of amides is 1. The fourth-order valence-electron chi connectivity index (χ4n) is 3.98. The minimum Gasteiger partial charge on any atom is -0.396 e. The van der Waals surface area contributed by atoms with E-state index in [2.05, 4.69) is 4.90 Å². The van der Waals surface area contributed by atoms with Crippen molar-refractivity contribution in [1.29, 1.82) is 0 Å². The number of likely N-dealkylation sites (tertiary alicyclic amines) is 2. The molecule has 0 bridgehead atoms. The second kappa shape index (κ2) is 8.23. The number of aliphatic hydroxyl groups excluding tert-OH is 1. The Balaban J connectivity index is 1.53. The molecule has 138 valence electrons. The van der Waals surface area contributed by atoms with E-state index in [9.17, 15) is 18.7 Å². The van der Waals surface area contributed by atoms with Crippen molar-refractivity contribution in [1.82, 2.24) is 9.80 Å². The molecular formula is C19H26F2N2O2. The van der Waals surface area contributed by atoms with Crippen LogP contribution in [-0.2, 0) is 11.2 Å². The molecular weight excluding hydrogens is 326 g/mol. The molecule has 1 N–H and O–H groups in total. The number of aryl methyl sites for hydroxylation is 1. The van der Waals surface area contributed by atoms with Crippen LogP contribution in [-0.4, -0.2) is 60.1 Å². The van der Waals surface area contributed by atoms with Crippen LogP contribution in [0.3, 0.4) is 0 Å². The van der Waals surface area contributed by atoms with Gasteiger partial charge in [-0.1, -0.05) is 6.07 Å². The number of rotatable bonds is 6. The van der Waals surface area contributed by atoms with Crippen molar-refractivity contribution < 1.29 is 18.7 Å². The van der Waals surface area contributed by atoms with E-state index in [1.165, 1.54) is 25.0 Å². The van der Waals surface area contributed by atoms with Crippen molar-refractivity contribution >= 4 is 5.91 Å². The van der Waals surface area contributed by atoms with E-state index in [0.29, 0.717) is 24.6 Å². The summed E-state index contributed by atoms with van der Waals surface area (Å²) in [5.41, 5.74) is 0.362. The number of carbonyl (C=O) groups excluding carboxylic acids is 1. The Morgan fingerprint density at radius 3 is 2.56 bits per heavy atom. The van der Waals surface area contributed by atoms with Gasteiger partial charge in [0.2, 0.25) is 5.91 Å². The van der Waals surface area contributed by atoms with Gasteiger partial charge in [0.25, 0.3) is 0 Å². The highest BCUT2D eigenvalue weighted by molar-refractivity contribution is 5.76. The second-order valence-electron chi connectivity index (χ2n) is 7.24. The zero-order valence-corrected chi connectivity index (χ0v) is 14.5. The second-order valence-corrected chi connectivity index (χ2v) is 7.24. The van der Waals surface area contributed by atoms with Gasteiger partial charge in [-0.05, 0) is 49.9 Å². The molecule has 0 unspecified atom stereocenters. The maximum absolute atomic E-state index is 13.7. The molecule has 1 aromatic carbocycles. The molecule has 2 fully saturated rings. The van der Waals surface area contributed by atoms with Crippen molar-refractivity contribution in [3.8, 4) is 0 Å². The minimum atomic E-state index is -0.609. The van der Waals surface area contributed by atoms with E-state index in [1.54, 1.807) is 4.90 Å². The number of carbonyl (C=O) groups is 1. The Bertz CT molecular complexity index is 605. The lowest BCUT2D eigenvalue weighted by atomic mass is 9.96. The largest absolute Gasteiger partial charge is 0.396 e. The minimum absolute atomic E-state index is 0.0221. The van der Waals surface area contributed by atoms with Crippen LogP contribution in [0.2, 0.25) is 0 Å². The number of nitrogens with zero attached hydrogens (tertiary/aromatic N) is 2. The van der Waals surface area contributed by atoms with Crippen LogP contribution in [0.4, 0.5) is 8.78 Å². The molecule has 0 aliphatic carbocycles. The third-order valence-corrected chi connectivity index (χ3v) is 5.48. The Hall–Kier alpha value is -1.53. The maximum Gasteiger partial charge on any atom is 0.222 e. The van der Waals surface area contributed by atoms with Crippen LogP contribution in [0.25, 0.3) is 0 Å². The summed E-state index contributed by atoms with van der Waals surface area (Å²) in [7, 11) is 0. The lowest BCUT2D eigenvalue weighted by molar-refractivity contribution is -0.130. The van der Waals surface area contributed by atoms with Gasteiger partial charge in [-0.15, -0.1) is 0 Å². The van der Waals surface area contributed by atoms with E-state index in [-0.39, 0.29) is 31.3 Å². The molecule has 4 nitrogen and oxygen atoms in total. The lowest BCUT2D eigenvalue weighted by Crippen LogP contribution is -2.32. The van der Waals surface area contributed by atoms with Gasteiger partial charge in [0, 0.05) is 44.6 Å². The third-order valence-electron chi connectivity index (χ3n) is 5.48. The first-order valence-electron chi connectivity index (χ1n) is 9.11. The normalized spacial score (nSPS) is 24.2. The quantitative estimate of drug-likeness (QED) is 0.852. The molecule has 1 amide bonds. The summed E-state index contributed by atoms with van der Waals surface area (Å²) in [6.07, 6.45) is 2.92. The van der Waals surface area contributed by atoms with E-state index in [0.717, 1.165) is 25.7 Å². The van der Waals surface area contributed by atoms with Gasteiger partial charge in [-0.2, -0.15) is 0 Å². The molecule has 2 saturated heterocycles. The molecule has 2 aliphatic rings. The molecule has 0 spiro atoms. The van der Waals surface area contributed by atoms with Gasteiger partial charge in [-0.25, -0.2) is 8.78 Å². The van der Waals surface area contributed by atoms with Gasteiger partial charge < -0.3 is 14.9 Å². The van der Waals surface area contributed by atoms with Crippen LogP contribution in [0.15, 0.2) is 18.2 Å². The average molecular weight is 352 g/mol. The van der Waals surface area contributed by atoms with E-state index in [4.69, 9.17) is 0 Å². The van der Waals surface area contributed by atoms with Crippen molar-refractivity contribution in [3.05, 3.63) is 35.4 Å². The Kier molecular flexibility index (Phi) is 6.02. The summed E-state index contributed by atoms with van der Waals surface area (Å²) >= 11 is 0. The molecule has 6 heteroatoms. The molecule has 0 radical (unpaired) electrons. The van der Waals surface area contributed by atoms with E-state index >= 15 is 0 Å². The van der Waals surface area contributed by atoms with Gasteiger partial charge in [0.15, 0.2) is 0 Å². The molecule has 0 aromatic heterocycles. The summed E-state index contributed by atoms with van der Waals surface area (Å²) < 4.78 is 26.6. The van der Waals surface area contributed by atoms with Gasteiger partial charge in [0.05, 0.1) is 0 Å². The average Bonchev–Trinajstić information content (AvgIpc) is 3.24. The predicted octanol–water partition coefficient (Wildman–Crippen LogP) is 2.06. The SMILES string of the molecule is O=C(CCc1ccc(F)cc1F)N1C[C@@H](CN2CCCC2)[C@@H](CO)C1. The fraction of sp³-hybridized carbons (Fsp3) is 0.632. The Morgan fingerprint density at radius 2 is 1.88 bits per heavy atom. The number of benzene rings is 1. The van der Waals surface area contributed by atoms with Gasteiger partial charge in [0.1, 0.15) is 11.6 Å². The summed E-state index contributed by atoms with van der Waals surface area (Å²) in [6, 6.07) is 3.46. The first-order valence-corrected chi connectivity index (χ1v) is 9.11. The van der Waals surface area contributed by atoms with Crippen LogP contribution in [0.1, 0.15) is 24.8 Å². The first kappa shape index (κ1) is 18.3. The zero-order valence-electron chi connectivity index (χ0n) is 14.5. The van der Waals surface area contributed by atoms with Gasteiger partial charge in [-0.3, -0.25) is 4.79 Å². The molecule has 3 rings (SSSR count). The summed E-state index contributed by atoms with van der Waals surface area (Å²) in [5.74, 6) is -0.815. The fourth-order valence-corrected chi connectivity index (χ4v) is 3.98. The van der Waals surface area contributed by atoms with Crippen LogP contribution in [0, 0.1) is 23.5 Å². The summed E-state index contributed by atoms with van der Waals surface area (Å²) in [6.45, 7) is 4.46. The van der Waals surface area contributed by atoms with Crippen molar-refractivity contribution in [2.45, 2.75) is 25.7 Å². The number of halogens is 2. The highest BCUT2D eigenvalue weighted by Gasteiger charge is 2.35. The molecule has 1 aromatic rings. The summed E-state index contributed by atoms with van der Waals surface area (Å²) in [5, 5.41) is 9.64.